The minimum Gasteiger partial charge on any atom is -0.479 e. The molecule has 1 aromatic heterocycles. The molecule has 4 nitrogen and oxygen atoms in total. The van der Waals surface area contributed by atoms with Gasteiger partial charge in [0.05, 0.1) is 12.8 Å². The van der Waals surface area contributed by atoms with E-state index in [-0.39, 0.29) is 0 Å². The Balaban J connectivity index is 2.25. The maximum Gasteiger partial charge on any atom is 0.238 e. The van der Waals surface area contributed by atoms with Gasteiger partial charge >= 0.3 is 0 Å². The standard InChI is InChI=1S/C10H15N3O/c1-13(7-3-4-7)9-6-5-8(11)10(12-9)14-2/h5-7H,3-4,11H2,1-2H3. The molecule has 0 aromatic carbocycles. The van der Waals surface area contributed by atoms with Crippen LogP contribution in [0.2, 0.25) is 0 Å². The van der Waals surface area contributed by atoms with Gasteiger partial charge < -0.3 is 15.4 Å². The minimum absolute atomic E-state index is 0.509. The molecule has 1 fully saturated rings. The van der Waals surface area contributed by atoms with Crippen molar-refractivity contribution in [2.75, 3.05) is 24.8 Å². The molecular formula is C10H15N3O. The average molecular weight is 193 g/mol. The summed E-state index contributed by atoms with van der Waals surface area (Å²) in [6.07, 6.45) is 2.51. The van der Waals surface area contributed by atoms with E-state index in [9.17, 15) is 0 Å². The second-order valence-corrected chi connectivity index (χ2v) is 3.61. The summed E-state index contributed by atoms with van der Waals surface area (Å²) in [5.41, 5.74) is 6.27. The third-order valence-electron chi connectivity index (χ3n) is 2.52. The molecule has 0 amide bonds. The second kappa shape index (κ2) is 3.36. The van der Waals surface area contributed by atoms with Gasteiger partial charge in [0.15, 0.2) is 0 Å². The molecule has 1 aromatic rings. The van der Waals surface area contributed by atoms with Gasteiger partial charge in [0, 0.05) is 13.1 Å². The monoisotopic (exact) mass is 193 g/mol. The Labute approximate surface area is 83.7 Å². The minimum atomic E-state index is 0.509. The summed E-state index contributed by atoms with van der Waals surface area (Å²) in [7, 11) is 3.63. The summed E-state index contributed by atoms with van der Waals surface area (Å²) in [4.78, 5) is 6.50. The van der Waals surface area contributed by atoms with Gasteiger partial charge in [-0.2, -0.15) is 4.98 Å². The van der Waals surface area contributed by atoms with Crippen LogP contribution >= 0.6 is 0 Å². The average Bonchev–Trinajstić information content (AvgIpc) is 3.01. The van der Waals surface area contributed by atoms with Crippen LogP contribution in [0.15, 0.2) is 12.1 Å². The molecule has 0 spiro atoms. The molecule has 1 saturated carbocycles. The van der Waals surface area contributed by atoms with Crippen molar-refractivity contribution in [2.24, 2.45) is 0 Å². The normalized spacial score (nSPS) is 15.3. The summed E-state index contributed by atoms with van der Waals surface area (Å²) < 4.78 is 5.07. The Morgan fingerprint density at radius 2 is 2.21 bits per heavy atom. The highest BCUT2D eigenvalue weighted by Crippen LogP contribution is 2.31. The highest BCUT2D eigenvalue weighted by Gasteiger charge is 2.27. The number of ether oxygens (including phenoxy) is 1. The van der Waals surface area contributed by atoms with Crippen LogP contribution in [0, 0.1) is 0 Å². The van der Waals surface area contributed by atoms with E-state index in [1.54, 1.807) is 7.11 Å². The first-order chi connectivity index (χ1) is 6.72. The van der Waals surface area contributed by atoms with E-state index in [2.05, 4.69) is 16.9 Å². The third kappa shape index (κ3) is 1.60. The largest absolute Gasteiger partial charge is 0.479 e. The molecule has 1 aliphatic rings. The number of pyridine rings is 1. The van der Waals surface area contributed by atoms with Crippen LogP contribution < -0.4 is 15.4 Å². The summed E-state index contributed by atoms with van der Waals surface area (Å²) in [6, 6.07) is 4.41. The number of nitrogen functional groups attached to an aromatic ring is 1. The van der Waals surface area contributed by atoms with Gasteiger partial charge in [0.2, 0.25) is 5.88 Å². The van der Waals surface area contributed by atoms with E-state index >= 15 is 0 Å². The number of rotatable bonds is 3. The first-order valence-electron chi connectivity index (χ1n) is 4.75. The molecule has 0 aliphatic heterocycles. The van der Waals surface area contributed by atoms with Crippen molar-refractivity contribution in [2.45, 2.75) is 18.9 Å². The SMILES string of the molecule is COc1nc(N(C)C2CC2)ccc1N. The van der Waals surface area contributed by atoms with E-state index in [1.165, 1.54) is 12.8 Å². The van der Waals surface area contributed by atoms with Crippen LogP contribution in [0.25, 0.3) is 0 Å². The topological polar surface area (TPSA) is 51.4 Å². The Hall–Kier alpha value is -1.45. The molecule has 0 radical (unpaired) electrons. The van der Waals surface area contributed by atoms with E-state index in [4.69, 9.17) is 10.5 Å². The summed E-state index contributed by atoms with van der Waals surface area (Å²) in [6.45, 7) is 0. The quantitative estimate of drug-likeness (QED) is 0.785. The van der Waals surface area contributed by atoms with Gasteiger partial charge in [-0.15, -0.1) is 0 Å². The fraction of sp³-hybridized carbons (Fsp3) is 0.500. The van der Waals surface area contributed by atoms with E-state index in [0.717, 1.165) is 5.82 Å². The molecule has 1 heterocycles. The lowest BCUT2D eigenvalue weighted by Crippen LogP contribution is -2.20. The van der Waals surface area contributed by atoms with Gasteiger partial charge in [0.25, 0.3) is 0 Å². The predicted molar refractivity (Wildman–Crippen MR) is 56.6 cm³/mol. The molecule has 2 N–H and O–H groups in total. The van der Waals surface area contributed by atoms with Crippen molar-refractivity contribution in [1.29, 1.82) is 0 Å². The maximum atomic E-state index is 5.69. The molecule has 2 rings (SSSR count). The van der Waals surface area contributed by atoms with Crippen molar-refractivity contribution in [3.63, 3.8) is 0 Å². The number of hydrogen-bond donors (Lipinski definition) is 1. The molecule has 4 heteroatoms. The first kappa shape index (κ1) is 9.12. The molecule has 0 saturated heterocycles. The van der Waals surface area contributed by atoms with Gasteiger partial charge in [0.1, 0.15) is 5.82 Å². The lowest BCUT2D eigenvalue weighted by Gasteiger charge is -2.18. The summed E-state index contributed by atoms with van der Waals surface area (Å²) in [5.74, 6) is 1.44. The lowest BCUT2D eigenvalue weighted by molar-refractivity contribution is 0.400. The lowest BCUT2D eigenvalue weighted by atomic mass is 10.3. The molecule has 0 unspecified atom stereocenters. The fourth-order valence-electron chi connectivity index (χ4n) is 1.45. The fourth-order valence-corrected chi connectivity index (χ4v) is 1.45. The van der Waals surface area contributed by atoms with Crippen LogP contribution in [-0.4, -0.2) is 25.2 Å². The summed E-state index contributed by atoms with van der Waals surface area (Å²) >= 11 is 0. The first-order valence-corrected chi connectivity index (χ1v) is 4.75. The highest BCUT2D eigenvalue weighted by atomic mass is 16.5. The van der Waals surface area contributed by atoms with E-state index < -0.39 is 0 Å². The zero-order valence-electron chi connectivity index (χ0n) is 8.53. The smallest absolute Gasteiger partial charge is 0.238 e. The predicted octanol–water partition coefficient (Wildman–Crippen LogP) is 1.27. The Kier molecular flexibility index (Phi) is 2.19. The van der Waals surface area contributed by atoms with Gasteiger partial charge in [-0.05, 0) is 25.0 Å². The number of hydrogen-bond acceptors (Lipinski definition) is 4. The number of aromatic nitrogens is 1. The van der Waals surface area contributed by atoms with Crippen molar-refractivity contribution in [3.8, 4) is 5.88 Å². The Bertz CT molecular complexity index is 336. The second-order valence-electron chi connectivity index (χ2n) is 3.61. The van der Waals surface area contributed by atoms with Gasteiger partial charge in [-0.1, -0.05) is 0 Å². The Morgan fingerprint density at radius 3 is 2.79 bits per heavy atom. The van der Waals surface area contributed by atoms with Crippen LogP contribution in [0.5, 0.6) is 5.88 Å². The van der Waals surface area contributed by atoms with E-state index in [0.29, 0.717) is 17.6 Å². The zero-order valence-corrected chi connectivity index (χ0v) is 8.53. The third-order valence-corrected chi connectivity index (χ3v) is 2.52. The number of nitrogens with two attached hydrogens (primary N) is 1. The highest BCUT2D eigenvalue weighted by molar-refractivity contribution is 5.54. The molecule has 1 aliphatic carbocycles. The van der Waals surface area contributed by atoms with Crippen LogP contribution in [0.3, 0.4) is 0 Å². The van der Waals surface area contributed by atoms with E-state index in [1.807, 2.05) is 12.1 Å². The molecule has 0 atom stereocenters. The van der Waals surface area contributed by atoms with Gasteiger partial charge in [-0.3, -0.25) is 0 Å². The van der Waals surface area contributed by atoms with Crippen LogP contribution in [0.1, 0.15) is 12.8 Å². The molecule has 14 heavy (non-hydrogen) atoms. The van der Waals surface area contributed by atoms with Crippen molar-refractivity contribution >= 4 is 11.5 Å². The van der Waals surface area contributed by atoms with Crippen molar-refractivity contribution in [1.82, 2.24) is 4.98 Å². The summed E-state index contributed by atoms with van der Waals surface area (Å²) in [5, 5.41) is 0. The number of anilines is 2. The molecule has 76 valence electrons. The number of methoxy groups -OCH3 is 1. The maximum absolute atomic E-state index is 5.69. The molecule has 0 bridgehead atoms. The molecular weight excluding hydrogens is 178 g/mol. The van der Waals surface area contributed by atoms with Crippen LogP contribution in [-0.2, 0) is 0 Å². The van der Waals surface area contributed by atoms with Gasteiger partial charge in [-0.25, -0.2) is 0 Å². The van der Waals surface area contributed by atoms with Crippen molar-refractivity contribution < 1.29 is 4.74 Å². The van der Waals surface area contributed by atoms with Crippen LogP contribution in [0.4, 0.5) is 11.5 Å². The number of nitrogens with zero attached hydrogens (tertiary/aromatic N) is 2. The Morgan fingerprint density at radius 1 is 1.50 bits per heavy atom. The van der Waals surface area contributed by atoms with Crippen molar-refractivity contribution in [3.05, 3.63) is 12.1 Å². The zero-order chi connectivity index (χ0) is 10.1.